The third kappa shape index (κ3) is 3.54. The molecule has 0 bridgehead atoms. The molecule has 1 aromatic carbocycles. The second-order valence-electron chi connectivity index (χ2n) is 6.40. The summed E-state index contributed by atoms with van der Waals surface area (Å²) < 4.78 is 15.0. The number of benzene rings is 1. The molecule has 0 aliphatic rings. The highest BCUT2D eigenvalue weighted by Crippen LogP contribution is 2.24. The van der Waals surface area contributed by atoms with E-state index in [1.807, 2.05) is 25.1 Å². The van der Waals surface area contributed by atoms with Crippen molar-refractivity contribution in [3.05, 3.63) is 71.6 Å². The van der Waals surface area contributed by atoms with Gasteiger partial charge in [-0.25, -0.2) is 13.9 Å². The Hall–Kier alpha value is -3.75. The van der Waals surface area contributed by atoms with Crippen molar-refractivity contribution in [3.63, 3.8) is 0 Å². The number of halogens is 1. The molecule has 3 heterocycles. The van der Waals surface area contributed by atoms with Gasteiger partial charge in [-0.2, -0.15) is 5.10 Å². The fourth-order valence-corrected chi connectivity index (χ4v) is 2.92. The van der Waals surface area contributed by atoms with Gasteiger partial charge < -0.3 is 10.6 Å². The number of amides is 1. The molecule has 9 heteroatoms. The Kier molecular flexibility index (Phi) is 4.48. The first-order valence-electron chi connectivity index (χ1n) is 8.66. The molecule has 4 rings (SSSR count). The van der Waals surface area contributed by atoms with E-state index in [1.165, 1.54) is 19.1 Å². The number of nitrogens with zero attached hydrogens (tertiary/aromatic N) is 4. The lowest BCUT2D eigenvalue weighted by atomic mass is 10.1. The van der Waals surface area contributed by atoms with Gasteiger partial charge >= 0.3 is 0 Å². The van der Waals surface area contributed by atoms with Gasteiger partial charge in [0.1, 0.15) is 17.4 Å². The Morgan fingerprint density at radius 1 is 1.25 bits per heavy atom. The fraction of sp³-hybridized carbons (Fsp3) is 0.158. The van der Waals surface area contributed by atoms with Crippen LogP contribution in [0.25, 0.3) is 5.52 Å². The van der Waals surface area contributed by atoms with E-state index in [0.29, 0.717) is 23.0 Å². The number of aryl methyl sites for hydroxylation is 1. The first kappa shape index (κ1) is 17.7. The molecular weight excluding hydrogens is 361 g/mol. The minimum Gasteiger partial charge on any atom is -0.342 e. The average Bonchev–Trinajstić information content (AvgIpc) is 3.29. The number of H-pyrrole nitrogens is 1. The van der Waals surface area contributed by atoms with Crippen molar-refractivity contribution in [2.75, 3.05) is 5.32 Å². The van der Waals surface area contributed by atoms with Gasteiger partial charge in [0.2, 0.25) is 5.91 Å². The van der Waals surface area contributed by atoms with Crippen LogP contribution >= 0.6 is 0 Å². The number of rotatable bonds is 5. The zero-order chi connectivity index (χ0) is 19.7. The largest absolute Gasteiger partial charge is 0.342 e. The van der Waals surface area contributed by atoms with E-state index >= 15 is 0 Å². The highest BCUT2D eigenvalue weighted by atomic mass is 19.1. The maximum Gasteiger partial charge on any atom is 0.217 e. The van der Waals surface area contributed by atoms with Crippen LogP contribution in [0, 0.1) is 12.7 Å². The first-order chi connectivity index (χ1) is 13.5. The predicted molar refractivity (Wildman–Crippen MR) is 102 cm³/mol. The number of fused-ring (bicyclic) bond motifs is 1. The van der Waals surface area contributed by atoms with E-state index in [4.69, 9.17) is 0 Å². The van der Waals surface area contributed by atoms with Crippen molar-refractivity contribution in [1.82, 2.24) is 30.1 Å². The molecule has 0 saturated heterocycles. The Morgan fingerprint density at radius 2 is 2.04 bits per heavy atom. The molecule has 0 fully saturated rings. The van der Waals surface area contributed by atoms with Gasteiger partial charge in [-0.1, -0.05) is 12.1 Å². The van der Waals surface area contributed by atoms with Crippen LogP contribution in [-0.4, -0.2) is 30.7 Å². The lowest BCUT2D eigenvalue weighted by Crippen LogP contribution is -2.29. The van der Waals surface area contributed by atoms with Crippen molar-refractivity contribution in [2.45, 2.75) is 19.9 Å². The molecule has 142 valence electrons. The third-order valence-electron chi connectivity index (χ3n) is 4.17. The maximum atomic E-state index is 13.3. The standard InChI is InChI=1S/C19H18FN7O/c1-11-10-16(25-24-11)22-18-15-4-3-9-27(15)26-19(23-18)17(21-12(2)28)13-5-7-14(20)8-6-13/h3-10,17H,1-2H3,(H,21,28)(H2,22,23,24,25,26). The Bertz CT molecular complexity index is 1130. The number of carbonyl (C=O) groups is 1. The van der Waals surface area contributed by atoms with Crippen LogP contribution in [0.3, 0.4) is 0 Å². The third-order valence-corrected chi connectivity index (χ3v) is 4.17. The van der Waals surface area contributed by atoms with Crippen LogP contribution in [0.5, 0.6) is 0 Å². The fourth-order valence-electron chi connectivity index (χ4n) is 2.92. The van der Waals surface area contributed by atoms with E-state index in [9.17, 15) is 9.18 Å². The molecule has 0 aliphatic carbocycles. The van der Waals surface area contributed by atoms with Crippen LogP contribution in [-0.2, 0) is 4.79 Å². The van der Waals surface area contributed by atoms with E-state index in [1.54, 1.807) is 22.8 Å². The maximum absolute atomic E-state index is 13.3. The van der Waals surface area contributed by atoms with Crippen LogP contribution in [0.15, 0.2) is 48.7 Å². The smallest absolute Gasteiger partial charge is 0.217 e. The van der Waals surface area contributed by atoms with Crippen LogP contribution in [0.2, 0.25) is 0 Å². The van der Waals surface area contributed by atoms with E-state index < -0.39 is 6.04 Å². The lowest BCUT2D eigenvalue weighted by Gasteiger charge is -2.18. The molecule has 1 atom stereocenters. The minimum absolute atomic E-state index is 0.247. The molecule has 0 spiro atoms. The Balaban J connectivity index is 1.80. The van der Waals surface area contributed by atoms with Crippen molar-refractivity contribution >= 4 is 23.1 Å². The molecule has 0 radical (unpaired) electrons. The number of anilines is 2. The quantitative estimate of drug-likeness (QED) is 0.495. The van der Waals surface area contributed by atoms with Crippen molar-refractivity contribution in [1.29, 1.82) is 0 Å². The van der Waals surface area contributed by atoms with Gasteiger partial charge in [0, 0.05) is 24.9 Å². The molecule has 0 saturated carbocycles. The summed E-state index contributed by atoms with van der Waals surface area (Å²) in [5.74, 6) is 0.911. The second kappa shape index (κ2) is 7.10. The Labute approximate surface area is 159 Å². The van der Waals surface area contributed by atoms with Gasteiger partial charge in [-0.15, -0.1) is 5.10 Å². The van der Waals surface area contributed by atoms with Gasteiger partial charge in [-0.05, 0) is 36.8 Å². The lowest BCUT2D eigenvalue weighted by molar-refractivity contribution is -0.119. The zero-order valence-corrected chi connectivity index (χ0v) is 15.3. The normalized spacial score (nSPS) is 12.1. The predicted octanol–water partition coefficient (Wildman–Crippen LogP) is 2.87. The number of hydrogen-bond donors (Lipinski definition) is 3. The SMILES string of the molecule is CC(=O)NC(c1ccc(F)cc1)c1nc(Nc2cc(C)[nH]n2)c2cccn2n1. The molecule has 1 unspecified atom stereocenters. The minimum atomic E-state index is -0.633. The summed E-state index contributed by atoms with van der Waals surface area (Å²) in [7, 11) is 0. The number of carbonyl (C=O) groups excluding carboxylic acids is 1. The number of nitrogens with one attached hydrogen (secondary N) is 3. The zero-order valence-electron chi connectivity index (χ0n) is 15.3. The molecule has 8 nitrogen and oxygen atoms in total. The van der Waals surface area contributed by atoms with Gasteiger partial charge in [0.15, 0.2) is 17.5 Å². The van der Waals surface area contributed by atoms with Crippen molar-refractivity contribution in [2.24, 2.45) is 0 Å². The summed E-state index contributed by atoms with van der Waals surface area (Å²) in [5.41, 5.74) is 2.33. The number of hydrogen-bond acceptors (Lipinski definition) is 5. The summed E-state index contributed by atoms with van der Waals surface area (Å²) in [5, 5.41) is 17.6. The molecule has 0 aliphatic heterocycles. The second-order valence-corrected chi connectivity index (χ2v) is 6.40. The van der Waals surface area contributed by atoms with Crippen molar-refractivity contribution < 1.29 is 9.18 Å². The summed E-state index contributed by atoms with van der Waals surface area (Å²) in [6.45, 7) is 3.31. The number of aromatic nitrogens is 5. The monoisotopic (exact) mass is 379 g/mol. The van der Waals surface area contributed by atoms with Crippen LogP contribution < -0.4 is 10.6 Å². The molecule has 4 aromatic rings. The summed E-state index contributed by atoms with van der Waals surface area (Å²) in [6.07, 6.45) is 1.79. The summed E-state index contributed by atoms with van der Waals surface area (Å²) >= 11 is 0. The van der Waals surface area contributed by atoms with Crippen molar-refractivity contribution in [3.8, 4) is 0 Å². The van der Waals surface area contributed by atoms with Gasteiger partial charge in [-0.3, -0.25) is 9.89 Å². The molecule has 3 N–H and O–H groups in total. The van der Waals surface area contributed by atoms with E-state index in [0.717, 1.165) is 11.2 Å². The molecular formula is C19H18FN7O. The summed E-state index contributed by atoms with van der Waals surface area (Å²) in [6, 6.07) is 10.8. The van der Waals surface area contributed by atoms with E-state index in [-0.39, 0.29) is 11.7 Å². The summed E-state index contributed by atoms with van der Waals surface area (Å²) in [4.78, 5) is 16.4. The highest BCUT2D eigenvalue weighted by Gasteiger charge is 2.21. The molecule has 1 amide bonds. The average molecular weight is 379 g/mol. The van der Waals surface area contributed by atoms with Gasteiger partial charge in [0.05, 0.1) is 0 Å². The molecule has 3 aromatic heterocycles. The van der Waals surface area contributed by atoms with Crippen LogP contribution in [0.1, 0.15) is 30.0 Å². The van der Waals surface area contributed by atoms with Crippen LogP contribution in [0.4, 0.5) is 16.0 Å². The Morgan fingerprint density at radius 3 is 2.71 bits per heavy atom. The first-order valence-corrected chi connectivity index (χ1v) is 8.66. The van der Waals surface area contributed by atoms with Gasteiger partial charge in [0.25, 0.3) is 0 Å². The highest BCUT2D eigenvalue weighted by molar-refractivity contribution is 5.74. The number of aromatic amines is 1. The van der Waals surface area contributed by atoms with E-state index in [2.05, 4.69) is 30.9 Å². The molecule has 28 heavy (non-hydrogen) atoms. The topological polar surface area (TPSA) is 100 Å².